The molecule has 0 fully saturated rings. The molecule has 62 heavy (non-hydrogen) atoms. The number of fused-ring (bicyclic) bond motifs is 14. The zero-order valence-corrected chi connectivity index (χ0v) is 33.6. The number of rotatable bonds is 5. The number of hydrogen-bond donors (Lipinski definition) is 0. The summed E-state index contributed by atoms with van der Waals surface area (Å²) in [6, 6.07) is 78.5. The third-order valence-electron chi connectivity index (χ3n) is 13.1. The Morgan fingerprint density at radius 2 is 0.823 bits per heavy atom. The van der Waals surface area contributed by atoms with E-state index >= 15 is 0 Å². The Bertz CT molecular complexity index is 3520. The number of benzene rings is 9. The van der Waals surface area contributed by atoms with Crippen molar-refractivity contribution in [3.63, 3.8) is 0 Å². The lowest BCUT2D eigenvalue weighted by molar-refractivity contribution is 0.794. The van der Waals surface area contributed by atoms with Gasteiger partial charge in [0.1, 0.15) is 0 Å². The van der Waals surface area contributed by atoms with Crippen LogP contribution in [0.3, 0.4) is 0 Å². The topological polar surface area (TPSA) is 43.6 Å². The summed E-state index contributed by atoms with van der Waals surface area (Å²) in [5, 5.41) is 2.52. The summed E-state index contributed by atoms with van der Waals surface area (Å²) in [6.45, 7) is 0. The fraction of sp³-hybridized carbons (Fsp3) is 0.0172. The molecule has 13 rings (SSSR count). The van der Waals surface area contributed by atoms with Crippen molar-refractivity contribution in [3.8, 4) is 73.2 Å². The Morgan fingerprint density at radius 1 is 0.323 bits per heavy atom. The SMILES string of the molecule is c1ccc(-c2cccc(-c3nc(-c4ccccc4)nc(-c4ccc(-n5c6ccccc6c6c7c(ccc65)C5(c6ccccc6-c6ccccc65)c5ccccc5-7)cc4)n3)c2)cc1. The van der Waals surface area contributed by atoms with Crippen LogP contribution in [-0.2, 0) is 5.41 Å². The molecule has 1 spiro atoms. The van der Waals surface area contributed by atoms with Crippen LogP contribution >= 0.6 is 0 Å². The van der Waals surface area contributed by atoms with Gasteiger partial charge >= 0.3 is 0 Å². The number of hydrogen-bond acceptors (Lipinski definition) is 3. The molecule has 9 aromatic carbocycles. The minimum absolute atomic E-state index is 0.400. The van der Waals surface area contributed by atoms with E-state index < -0.39 is 5.41 Å². The molecule has 0 saturated carbocycles. The van der Waals surface area contributed by atoms with E-state index in [1.165, 1.54) is 66.3 Å². The first-order valence-electron chi connectivity index (χ1n) is 21.2. The van der Waals surface area contributed by atoms with Gasteiger partial charge in [-0.1, -0.05) is 176 Å². The summed E-state index contributed by atoms with van der Waals surface area (Å²) < 4.78 is 2.42. The largest absolute Gasteiger partial charge is 0.309 e. The second kappa shape index (κ2) is 13.4. The van der Waals surface area contributed by atoms with Crippen LogP contribution in [0.15, 0.2) is 218 Å². The minimum atomic E-state index is -0.400. The van der Waals surface area contributed by atoms with Crippen LogP contribution in [0.4, 0.5) is 0 Å². The van der Waals surface area contributed by atoms with E-state index in [-0.39, 0.29) is 0 Å². The molecular formula is C58H36N4. The smallest absolute Gasteiger partial charge is 0.164 e. The Balaban J connectivity index is 0.979. The van der Waals surface area contributed by atoms with E-state index in [9.17, 15) is 0 Å². The van der Waals surface area contributed by atoms with E-state index in [1.807, 2.05) is 24.3 Å². The third-order valence-corrected chi connectivity index (χ3v) is 13.1. The van der Waals surface area contributed by atoms with Crippen LogP contribution in [0.2, 0.25) is 0 Å². The van der Waals surface area contributed by atoms with Gasteiger partial charge in [-0.15, -0.1) is 0 Å². The van der Waals surface area contributed by atoms with Gasteiger partial charge in [-0.2, -0.15) is 0 Å². The molecule has 4 nitrogen and oxygen atoms in total. The number of aromatic nitrogens is 4. The van der Waals surface area contributed by atoms with E-state index in [0.29, 0.717) is 17.5 Å². The predicted molar refractivity (Wildman–Crippen MR) is 252 cm³/mol. The van der Waals surface area contributed by atoms with E-state index in [4.69, 9.17) is 15.0 Å². The average molecular weight is 789 g/mol. The van der Waals surface area contributed by atoms with Gasteiger partial charge in [0.15, 0.2) is 17.5 Å². The molecule has 0 amide bonds. The van der Waals surface area contributed by atoms with Crippen molar-refractivity contribution in [2.45, 2.75) is 5.41 Å². The second-order valence-corrected chi connectivity index (χ2v) is 16.3. The maximum Gasteiger partial charge on any atom is 0.164 e. The Labute approximate surface area is 359 Å². The van der Waals surface area contributed by atoms with Gasteiger partial charge in [0.25, 0.3) is 0 Å². The molecule has 2 aliphatic rings. The lowest BCUT2D eigenvalue weighted by atomic mass is 9.70. The summed E-state index contributed by atoms with van der Waals surface area (Å²) in [4.78, 5) is 15.2. The lowest BCUT2D eigenvalue weighted by Gasteiger charge is -2.30. The molecule has 2 aromatic heterocycles. The van der Waals surface area contributed by atoms with Crippen LogP contribution in [-0.4, -0.2) is 19.5 Å². The van der Waals surface area contributed by atoms with Crippen LogP contribution in [0.1, 0.15) is 22.3 Å². The van der Waals surface area contributed by atoms with Crippen molar-refractivity contribution in [1.29, 1.82) is 0 Å². The Hall–Kier alpha value is -8.21. The maximum atomic E-state index is 5.13. The van der Waals surface area contributed by atoms with Crippen molar-refractivity contribution >= 4 is 21.8 Å². The fourth-order valence-electron chi connectivity index (χ4n) is 10.5. The van der Waals surface area contributed by atoms with E-state index in [1.54, 1.807) is 0 Å². The van der Waals surface area contributed by atoms with Gasteiger partial charge < -0.3 is 4.57 Å². The standard InChI is InChI=1S/C58H36N4/c1-3-16-37(17-4-1)40-20-15-21-41(36-40)57-60-55(38-18-5-2-6-19-38)59-56(61-57)39-30-32-42(33-31-39)62-51-29-14-10-25-46(51)54-52(62)35-34-50-53(54)45-24-9-13-28-49(45)58(50)47-26-11-7-22-43(47)44-23-8-12-27-48(44)58/h1-36H. The summed E-state index contributed by atoms with van der Waals surface area (Å²) >= 11 is 0. The molecule has 0 N–H and O–H groups in total. The highest BCUT2D eigenvalue weighted by atomic mass is 15.0. The molecular weight excluding hydrogens is 753 g/mol. The highest BCUT2D eigenvalue weighted by Crippen LogP contribution is 2.64. The zero-order valence-electron chi connectivity index (χ0n) is 33.6. The van der Waals surface area contributed by atoms with E-state index in [0.717, 1.165) is 33.5 Å². The quantitative estimate of drug-likeness (QED) is 0.174. The highest BCUT2D eigenvalue weighted by molar-refractivity contribution is 6.19. The molecule has 2 heterocycles. The maximum absolute atomic E-state index is 5.13. The zero-order chi connectivity index (χ0) is 40.8. The Morgan fingerprint density at radius 3 is 1.50 bits per heavy atom. The molecule has 288 valence electrons. The van der Waals surface area contributed by atoms with Crippen molar-refractivity contribution in [2.24, 2.45) is 0 Å². The molecule has 0 aliphatic heterocycles. The molecule has 0 bridgehead atoms. The van der Waals surface area contributed by atoms with Crippen molar-refractivity contribution < 1.29 is 0 Å². The van der Waals surface area contributed by atoms with Crippen molar-refractivity contribution in [1.82, 2.24) is 19.5 Å². The van der Waals surface area contributed by atoms with E-state index in [2.05, 4.69) is 199 Å². The molecule has 4 heteroatoms. The van der Waals surface area contributed by atoms with Crippen molar-refractivity contribution in [2.75, 3.05) is 0 Å². The first kappa shape index (κ1) is 34.6. The minimum Gasteiger partial charge on any atom is -0.309 e. The van der Waals surface area contributed by atoms with Crippen LogP contribution in [0.5, 0.6) is 0 Å². The first-order chi connectivity index (χ1) is 30.8. The molecule has 0 atom stereocenters. The molecule has 2 aliphatic carbocycles. The fourth-order valence-corrected chi connectivity index (χ4v) is 10.5. The average Bonchev–Trinajstić information content (AvgIpc) is 3.96. The van der Waals surface area contributed by atoms with Crippen LogP contribution < -0.4 is 0 Å². The normalized spacial score (nSPS) is 13.0. The van der Waals surface area contributed by atoms with Gasteiger partial charge in [-0.25, -0.2) is 15.0 Å². The number of nitrogens with zero attached hydrogens (tertiary/aromatic N) is 4. The summed E-state index contributed by atoms with van der Waals surface area (Å²) in [6.07, 6.45) is 0. The molecule has 0 radical (unpaired) electrons. The molecule has 0 saturated heterocycles. The first-order valence-corrected chi connectivity index (χ1v) is 21.2. The molecule has 0 unspecified atom stereocenters. The van der Waals surface area contributed by atoms with Crippen LogP contribution in [0.25, 0.3) is 95.0 Å². The summed E-state index contributed by atoms with van der Waals surface area (Å²) in [7, 11) is 0. The highest BCUT2D eigenvalue weighted by Gasteiger charge is 2.52. The van der Waals surface area contributed by atoms with Gasteiger partial charge in [0.05, 0.1) is 16.4 Å². The summed E-state index contributed by atoms with van der Waals surface area (Å²) in [5.41, 5.74) is 18.7. The predicted octanol–water partition coefficient (Wildman–Crippen LogP) is 14.0. The monoisotopic (exact) mass is 788 g/mol. The lowest BCUT2D eigenvalue weighted by Crippen LogP contribution is -2.25. The van der Waals surface area contributed by atoms with Gasteiger partial charge in [-0.3, -0.25) is 0 Å². The van der Waals surface area contributed by atoms with Crippen molar-refractivity contribution in [3.05, 3.63) is 241 Å². The second-order valence-electron chi connectivity index (χ2n) is 16.3. The van der Waals surface area contributed by atoms with Gasteiger partial charge in [0, 0.05) is 33.2 Å². The Kier molecular flexibility index (Phi) is 7.49. The summed E-state index contributed by atoms with van der Waals surface area (Å²) in [5.74, 6) is 1.91. The van der Waals surface area contributed by atoms with Gasteiger partial charge in [-0.05, 0) is 98.1 Å². The molecule has 11 aromatic rings. The number of para-hydroxylation sites is 1. The van der Waals surface area contributed by atoms with Gasteiger partial charge in [0.2, 0.25) is 0 Å². The van der Waals surface area contributed by atoms with Crippen LogP contribution in [0, 0.1) is 0 Å². The third kappa shape index (κ3) is 4.92.